The van der Waals surface area contributed by atoms with Crippen LogP contribution >= 0.6 is 11.8 Å². The first-order chi connectivity index (χ1) is 10.6. The first kappa shape index (κ1) is 16.5. The Morgan fingerprint density at radius 3 is 2.59 bits per heavy atom. The van der Waals surface area contributed by atoms with Gasteiger partial charge in [-0.05, 0) is 26.0 Å². The highest BCUT2D eigenvalue weighted by Gasteiger charge is 2.16. The lowest BCUT2D eigenvalue weighted by atomic mass is 10.2. The zero-order valence-electron chi connectivity index (χ0n) is 12.9. The molecule has 0 atom stereocenters. The summed E-state index contributed by atoms with van der Waals surface area (Å²) in [6.45, 7) is 5.28. The molecule has 0 N–H and O–H groups in total. The predicted molar refractivity (Wildman–Crippen MR) is 85.0 cm³/mol. The third kappa shape index (κ3) is 3.47. The molecule has 7 heteroatoms. The van der Waals surface area contributed by atoms with Crippen LogP contribution in [0.4, 0.5) is 4.39 Å². The maximum atomic E-state index is 13.8. The van der Waals surface area contributed by atoms with Gasteiger partial charge in [0, 0.05) is 20.1 Å². The van der Waals surface area contributed by atoms with E-state index in [0.717, 1.165) is 0 Å². The molecule has 0 aliphatic heterocycles. The van der Waals surface area contributed by atoms with E-state index in [4.69, 9.17) is 0 Å². The zero-order valence-corrected chi connectivity index (χ0v) is 13.7. The van der Waals surface area contributed by atoms with Gasteiger partial charge < -0.3 is 9.47 Å². The molecule has 0 radical (unpaired) electrons. The lowest BCUT2D eigenvalue weighted by Gasteiger charge is -2.17. The van der Waals surface area contributed by atoms with Crippen LogP contribution in [0.25, 0.3) is 11.4 Å². The molecule has 0 aliphatic rings. The summed E-state index contributed by atoms with van der Waals surface area (Å²) in [5, 5.41) is 8.69. The van der Waals surface area contributed by atoms with Crippen LogP contribution in [0.2, 0.25) is 0 Å². The summed E-state index contributed by atoms with van der Waals surface area (Å²) in [6.07, 6.45) is 0. The van der Waals surface area contributed by atoms with Gasteiger partial charge in [0.25, 0.3) is 0 Å². The summed E-state index contributed by atoms with van der Waals surface area (Å²) in [6, 6.07) is 6.44. The number of rotatable bonds is 6. The van der Waals surface area contributed by atoms with Crippen molar-refractivity contribution in [1.82, 2.24) is 19.7 Å². The molecule has 0 fully saturated rings. The molecular weight excluding hydrogens is 303 g/mol. The standard InChI is InChI=1S/C15H19FN4OS/c1-4-20(5-2)13(21)10-22-15-18-17-14(19(15)3)11-8-6-7-9-12(11)16/h6-9H,4-5,10H2,1-3H3. The second-order valence-electron chi connectivity index (χ2n) is 4.70. The van der Waals surface area contributed by atoms with Crippen LogP contribution in [-0.4, -0.2) is 44.4 Å². The van der Waals surface area contributed by atoms with Crippen molar-refractivity contribution in [3.63, 3.8) is 0 Å². The van der Waals surface area contributed by atoms with Crippen molar-refractivity contribution in [2.75, 3.05) is 18.8 Å². The maximum Gasteiger partial charge on any atom is 0.233 e. The number of hydrogen-bond donors (Lipinski definition) is 0. The maximum absolute atomic E-state index is 13.8. The summed E-state index contributed by atoms with van der Waals surface area (Å²) in [7, 11) is 1.77. The Bertz CT molecular complexity index is 655. The van der Waals surface area contributed by atoms with Crippen molar-refractivity contribution in [1.29, 1.82) is 0 Å². The minimum Gasteiger partial charge on any atom is -0.343 e. The molecule has 1 heterocycles. The van der Waals surface area contributed by atoms with Crippen LogP contribution in [-0.2, 0) is 11.8 Å². The fourth-order valence-electron chi connectivity index (χ4n) is 2.11. The average molecular weight is 322 g/mol. The number of aromatic nitrogens is 3. The van der Waals surface area contributed by atoms with E-state index in [2.05, 4.69) is 10.2 Å². The van der Waals surface area contributed by atoms with Crippen molar-refractivity contribution in [2.24, 2.45) is 7.05 Å². The molecule has 1 aromatic carbocycles. The number of carbonyl (C=O) groups is 1. The van der Waals surface area contributed by atoms with Gasteiger partial charge in [-0.1, -0.05) is 23.9 Å². The van der Waals surface area contributed by atoms with Crippen LogP contribution < -0.4 is 0 Å². The Morgan fingerprint density at radius 1 is 1.27 bits per heavy atom. The highest BCUT2D eigenvalue weighted by molar-refractivity contribution is 7.99. The normalized spacial score (nSPS) is 10.7. The average Bonchev–Trinajstić information content (AvgIpc) is 2.88. The smallest absolute Gasteiger partial charge is 0.233 e. The molecule has 5 nitrogen and oxygen atoms in total. The van der Waals surface area contributed by atoms with Gasteiger partial charge in [-0.15, -0.1) is 10.2 Å². The minimum absolute atomic E-state index is 0.0606. The zero-order chi connectivity index (χ0) is 16.1. The SMILES string of the molecule is CCN(CC)C(=O)CSc1nnc(-c2ccccc2F)n1C. The van der Waals surface area contributed by atoms with Crippen LogP contribution in [0.1, 0.15) is 13.8 Å². The minimum atomic E-state index is -0.339. The van der Waals surface area contributed by atoms with Crippen LogP contribution in [0, 0.1) is 5.82 Å². The third-order valence-electron chi connectivity index (χ3n) is 3.39. The Hall–Kier alpha value is -1.89. The molecule has 0 saturated carbocycles. The molecule has 22 heavy (non-hydrogen) atoms. The fourth-order valence-corrected chi connectivity index (χ4v) is 2.93. The van der Waals surface area contributed by atoms with E-state index >= 15 is 0 Å². The van der Waals surface area contributed by atoms with Crippen molar-refractivity contribution in [2.45, 2.75) is 19.0 Å². The van der Waals surface area contributed by atoms with E-state index in [0.29, 0.717) is 35.4 Å². The van der Waals surface area contributed by atoms with Gasteiger partial charge in [0.1, 0.15) is 5.82 Å². The molecule has 2 rings (SSSR count). The Balaban J connectivity index is 2.12. The molecule has 0 aliphatic carbocycles. The molecule has 1 amide bonds. The van der Waals surface area contributed by atoms with Gasteiger partial charge in [-0.3, -0.25) is 4.79 Å². The summed E-state index contributed by atoms with van der Waals surface area (Å²) >= 11 is 1.31. The van der Waals surface area contributed by atoms with Gasteiger partial charge in [0.05, 0.1) is 11.3 Å². The number of amides is 1. The van der Waals surface area contributed by atoms with Gasteiger partial charge in [0.2, 0.25) is 5.91 Å². The van der Waals surface area contributed by atoms with Crippen molar-refractivity contribution in [3.05, 3.63) is 30.1 Å². The van der Waals surface area contributed by atoms with Crippen LogP contribution in [0.3, 0.4) is 0 Å². The Morgan fingerprint density at radius 2 is 1.95 bits per heavy atom. The lowest BCUT2D eigenvalue weighted by molar-refractivity contribution is -0.127. The molecule has 0 unspecified atom stereocenters. The van der Waals surface area contributed by atoms with Gasteiger partial charge in [0.15, 0.2) is 11.0 Å². The fraction of sp³-hybridized carbons (Fsp3) is 0.400. The number of carbonyl (C=O) groups excluding carboxylic acids is 1. The van der Waals surface area contributed by atoms with Crippen molar-refractivity contribution >= 4 is 17.7 Å². The second kappa shape index (κ2) is 7.40. The largest absolute Gasteiger partial charge is 0.343 e. The van der Waals surface area contributed by atoms with Gasteiger partial charge in [-0.2, -0.15) is 0 Å². The molecular formula is C15H19FN4OS. The predicted octanol–water partition coefficient (Wildman–Crippen LogP) is 2.58. The third-order valence-corrected chi connectivity index (χ3v) is 4.40. The first-order valence-electron chi connectivity index (χ1n) is 7.13. The van der Waals surface area contributed by atoms with E-state index in [-0.39, 0.29) is 11.7 Å². The number of halogens is 1. The van der Waals surface area contributed by atoms with Gasteiger partial charge >= 0.3 is 0 Å². The van der Waals surface area contributed by atoms with Crippen molar-refractivity contribution < 1.29 is 9.18 Å². The molecule has 0 bridgehead atoms. The summed E-state index contributed by atoms with van der Waals surface area (Å²) < 4.78 is 15.5. The second-order valence-corrected chi connectivity index (χ2v) is 5.64. The molecule has 2 aromatic rings. The quantitative estimate of drug-likeness (QED) is 0.767. The number of thioether (sulfide) groups is 1. The van der Waals surface area contributed by atoms with Gasteiger partial charge in [-0.25, -0.2) is 4.39 Å². The van der Waals surface area contributed by atoms with E-state index in [1.54, 1.807) is 34.7 Å². The topological polar surface area (TPSA) is 51.0 Å². The highest BCUT2D eigenvalue weighted by atomic mass is 32.2. The summed E-state index contributed by atoms with van der Waals surface area (Å²) in [5.41, 5.74) is 0.402. The molecule has 1 aromatic heterocycles. The summed E-state index contributed by atoms with van der Waals surface area (Å²) in [4.78, 5) is 13.8. The first-order valence-corrected chi connectivity index (χ1v) is 8.11. The number of nitrogens with zero attached hydrogens (tertiary/aromatic N) is 4. The molecule has 0 spiro atoms. The van der Waals surface area contributed by atoms with Crippen LogP contribution in [0.15, 0.2) is 29.4 Å². The van der Waals surface area contributed by atoms with E-state index in [1.807, 2.05) is 13.8 Å². The molecule has 118 valence electrons. The monoisotopic (exact) mass is 322 g/mol. The highest BCUT2D eigenvalue weighted by Crippen LogP contribution is 2.24. The lowest BCUT2D eigenvalue weighted by Crippen LogP contribution is -2.31. The number of hydrogen-bond acceptors (Lipinski definition) is 4. The number of benzene rings is 1. The summed E-state index contributed by atoms with van der Waals surface area (Å²) in [5.74, 6) is 0.473. The van der Waals surface area contributed by atoms with Crippen molar-refractivity contribution in [3.8, 4) is 11.4 Å². The Kier molecular flexibility index (Phi) is 5.54. The Labute approximate surface area is 133 Å². The van der Waals surface area contributed by atoms with E-state index < -0.39 is 0 Å². The van der Waals surface area contributed by atoms with Crippen LogP contribution in [0.5, 0.6) is 0 Å². The molecule has 0 saturated heterocycles. The van der Waals surface area contributed by atoms with E-state index in [1.165, 1.54) is 17.8 Å². The van der Waals surface area contributed by atoms with E-state index in [9.17, 15) is 9.18 Å².